The van der Waals surface area contributed by atoms with Crippen LogP contribution in [0.15, 0.2) is 18.2 Å². The molecule has 0 aliphatic rings. The van der Waals surface area contributed by atoms with E-state index in [9.17, 15) is 9.59 Å². The van der Waals surface area contributed by atoms with Gasteiger partial charge in [-0.15, -0.1) is 0 Å². The number of rotatable bonds is 5. The average Bonchev–Trinajstić information content (AvgIpc) is 2.35. The second-order valence-electron chi connectivity index (χ2n) is 3.47. The van der Waals surface area contributed by atoms with Crippen molar-refractivity contribution in [3.63, 3.8) is 0 Å². The Bertz CT molecular complexity index is 408. The summed E-state index contributed by atoms with van der Waals surface area (Å²) in [6.07, 6.45) is 0.839. The molecule has 0 bridgehead atoms. The van der Waals surface area contributed by atoms with Gasteiger partial charge in [0.25, 0.3) is 0 Å². The van der Waals surface area contributed by atoms with Crippen LogP contribution in [0.4, 0.5) is 0 Å². The van der Waals surface area contributed by atoms with Crippen molar-refractivity contribution in [2.45, 2.75) is 26.7 Å². The van der Waals surface area contributed by atoms with Crippen LogP contribution in [0.5, 0.6) is 5.75 Å². The van der Waals surface area contributed by atoms with Crippen LogP contribution in [-0.2, 0) is 0 Å². The third-order valence-electron chi connectivity index (χ3n) is 2.46. The number of ether oxygens (including phenoxy) is 1. The van der Waals surface area contributed by atoms with E-state index < -0.39 is 0 Å². The summed E-state index contributed by atoms with van der Waals surface area (Å²) in [5.41, 5.74) is 1.06. The molecule has 0 amide bonds. The van der Waals surface area contributed by atoms with Gasteiger partial charge in [0.05, 0.1) is 12.7 Å². The van der Waals surface area contributed by atoms with Crippen LogP contribution in [0.1, 0.15) is 47.4 Å². The van der Waals surface area contributed by atoms with Crippen molar-refractivity contribution in [3.8, 4) is 5.75 Å². The molecule has 0 saturated heterocycles. The number of Topliss-reactive ketones (excluding diaryl/α,β-unsaturated/α-hetero) is 2. The molecule has 3 heteroatoms. The molecule has 0 aliphatic heterocycles. The first kappa shape index (κ1) is 12.4. The number of ketones is 2. The predicted octanol–water partition coefficient (Wildman–Crippen LogP) is 2.88. The molecule has 1 aromatic rings. The number of hydrogen-bond donors (Lipinski definition) is 0. The van der Waals surface area contributed by atoms with Gasteiger partial charge in [-0.25, -0.2) is 0 Å². The van der Waals surface area contributed by atoms with Gasteiger partial charge >= 0.3 is 0 Å². The van der Waals surface area contributed by atoms with Gasteiger partial charge in [-0.1, -0.05) is 13.8 Å². The van der Waals surface area contributed by atoms with Crippen LogP contribution < -0.4 is 4.74 Å². The molecule has 1 rings (SSSR count). The van der Waals surface area contributed by atoms with Crippen LogP contribution >= 0.6 is 0 Å². The standard InChI is InChI=1S/C13H16O3/c1-4-11(14)9-6-7-13(16-3)10(8-9)12(15)5-2/h6-8H,4-5H2,1-3H3. The van der Waals surface area contributed by atoms with Crippen molar-refractivity contribution in [1.29, 1.82) is 0 Å². The van der Waals surface area contributed by atoms with Gasteiger partial charge in [0, 0.05) is 18.4 Å². The SMILES string of the molecule is CCC(=O)c1ccc(OC)c(C(=O)CC)c1. The Morgan fingerprint density at radius 2 is 1.75 bits per heavy atom. The Labute approximate surface area is 95.4 Å². The fourth-order valence-corrected chi connectivity index (χ4v) is 1.49. The first-order valence-electron chi connectivity index (χ1n) is 5.38. The third-order valence-corrected chi connectivity index (χ3v) is 2.46. The minimum absolute atomic E-state index is 0.0115. The molecule has 0 radical (unpaired) electrons. The Kier molecular flexibility index (Phi) is 4.23. The van der Waals surface area contributed by atoms with E-state index >= 15 is 0 Å². The van der Waals surface area contributed by atoms with Gasteiger partial charge in [-0.2, -0.15) is 0 Å². The molecule has 0 heterocycles. The highest BCUT2D eigenvalue weighted by Crippen LogP contribution is 2.22. The number of carbonyl (C=O) groups excluding carboxylic acids is 2. The van der Waals surface area contributed by atoms with E-state index in [0.717, 1.165) is 0 Å². The minimum atomic E-state index is -0.0115. The monoisotopic (exact) mass is 220 g/mol. The lowest BCUT2D eigenvalue weighted by atomic mass is 10.0. The molecule has 0 N–H and O–H groups in total. The summed E-state index contributed by atoms with van der Waals surface area (Å²) in [7, 11) is 1.52. The zero-order valence-electron chi connectivity index (χ0n) is 9.87. The summed E-state index contributed by atoms with van der Waals surface area (Å²) < 4.78 is 5.10. The third kappa shape index (κ3) is 2.48. The summed E-state index contributed by atoms with van der Waals surface area (Å²) in [4.78, 5) is 23.2. The molecule has 0 spiro atoms. The van der Waals surface area contributed by atoms with Crippen LogP contribution in [0, 0.1) is 0 Å². The fraction of sp³-hybridized carbons (Fsp3) is 0.385. The van der Waals surface area contributed by atoms with Crippen LogP contribution in [0.2, 0.25) is 0 Å². The van der Waals surface area contributed by atoms with Gasteiger partial charge in [-0.05, 0) is 18.2 Å². The van der Waals surface area contributed by atoms with Crippen LogP contribution in [0.3, 0.4) is 0 Å². The first-order valence-corrected chi connectivity index (χ1v) is 5.38. The van der Waals surface area contributed by atoms with Crippen molar-refractivity contribution in [1.82, 2.24) is 0 Å². The summed E-state index contributed by atoms with van der Waals surface area (Å²) in [6.45, 7) is 3.59. The number of hydrogen-bond acceptors (Lipinski definition) is 3. The summed E-state index contributed by atoms with van der Waals surface area (Å²) in [5, 5.41) is 0. The molecule has 86 valence electrons. The zero-order valence-corrected chi connectivity index (χ0v) is 9.87. The molecule has 0 fully saturated rings. The van der Waals surface area contributed by atoms with E-state index in [2.05, 4.69) is 0 Å². The quantitative estimate of drug-likeness (QED) is 0.716. The normalized spacial score (nSPS) is 9.94. The van der Waals surface area contributed by atoms with E-state index in [1.54, 1.807) is 32.0 Å². The molecule has 0 saturated carbocycles. The lowest BCUT2D eigenvalue weighted by Gasteiger charge is -2.08. The molecule has 0 aliphatic carbocycles. The molecule has 0 unspecified atom stereocenters. The second-order valence-corrected chi connectivity index (χ2v) is 3.47. The first-order chi connectivity index (χ1) is 7.63. The molecular weight excluding hydrogens is 204 g/mol. The van der Waals surface area contributed by atoms with Gasteiger partial charge in [-0.3, -0.25) is 9.59 Å². The predicted molar refractivity (Wildman–Crippen MR) is 62.2 cm³/mol. The highest BCUT2D eigenvalue weighted by atomic mass is 16.5. The van der Waals surface area contributed by atoms with Crippen molar-refractivity contribution < 1.29 is 14.3 Å². The van der Waals surface area contributed by atoms with Crippen LogP contribution in [0.25, 0.3) is 0 Å². The largest absolute Gasteiger partial charge is 0.496 e. The summed E-state index contributed by atoms with van der Waals surface area (Å²) in [5.74, 6) is 0.551. The Hall–Kier alpha value is -1.64. The Morgan fingerprint density at radius 3 is 2.25 bits per heavy atom. The smallest absolute Gasteiger partial charge is 0.166 e. The van der Waals surface area contributed by atoms with E-state index in [4.69, 9.17) is 4.74 Å². The number of carbonyl (C=O) groups is 2. The fourth-order valence-electron chi connectivity index (χ4n) is 1.49. The topological polar surface area (TPSA) is 43.4 Å². The maximum atomic E-state index is 11.7. The lowest BCUT2D eigenvalue weighted by molar-refractivity contribution is 0.0985. The summed E-state index contributed by atoms with van der Waals surface area (Å²) in [6, 6.07) is 4.99. The maximum absolute atomic E-state index is 11.7. The van der Waals surface area contributed by atoms with Gasteiger partial charge in [0.15, 0.2) is 11.6 Å². The molecular formula is C13H16O3. The average molecular weight is 220 g/mol. The summed E-state index contributed by atoms with van der Waals surface area (Å²) >= 11 is 0. The van der Waals surface area contributed by atoms with Crippen molar-refractivity contribution >= 4 is 11.6 Å². The van der Waals surface area contributed by atoms with Gasteiger partial charge < -0.3 is 4.74 Å². The molecule has 1 aromatic carbocycles. The highest BCUT2D eigenvalue weighted by Gasteiger charge is 2.13. The van der Waals surface area contributed by atoms with Crippen molar-refractivity contribution in [3.05, 3.63) is 29.3 Å². The maximum Gasteiger partial charge on any atom is 0.166 e. The van der Waals surface area contributed by atoms with E-state index in [1.807, 2.05) is 0 Å². The van der Waals surface area contributed by atoms with Crippen LogP contribution in [-0.4, -0.2) is 18.7 Å². The Balaban J connectivity index is 3.21. The minimum Gasteiger partial charge on any atom is -0.496 e. The molecule has 0 aromatic heterocycles. The van der Waals surface area contributed by atoms with E-state index in [1.165, 1.54) is 7.11 Å². The second kappa shape index (κ2) is 5.45. The Morgan fingerprint density at radius 1 is 1.12 bits per heavy atom. The van der Waals surface area contributed by atoms with E-state index in [-0.39, 0.29) is 11.6 Å². The number of methoxy groups -OCH3 is 1. The zero-order chi connectivity index (χ0) is 12.1. The molecule has 0 atom stereocenters. The van der Waals surface area contributed by atoms with E-state index in [0.29, 0.717) is 29.7 Å². The molecule has 16 heavy (non-hydrogen) atoms. The van der Waals surface area contributed by atoms with Crippen molar-refractivity contribution in [2.75, 3.05) is 7.11 Å². The lowest BCUT2D eigenvalue weighted by Crippen LogP contribution is -2.04. The van der Waals surface area contributed by atoms with Gasteiger partial charge in [0.1, 0.15) is 5.75 Å². The highest BCUT2D eigenvalue weighted by molar-refractivity contribution is 6.02. The van der Waals surface area contributed by atoms with Crippen molar-refractivity contribution in [2.24, 2.45) is 0 Å². The molecule has 3 nitrogen and oxygen atoms in total. The number of benzene rings is 1. The van der Waals surface area contributed by atoms with Gasteiger partial charge in [0.2, 0.25) is 0 Å².